The van der Waals surface area contributed by atoms with Crippen LogP contribution in [-0.4, -0.2) is 130 Å². The number of aromatic amines is 1. The fraction of sp³-hybridized carbons (Fsp3) is 0.651. The first-order valence-corrected chi connectivity index (χ1v) is 22.8. The summed E-state index contributed by atoms with van der Waals surface area (Å²) in [5, 5.41) is 15.4. The molecule has 0 bridgehead atoms. The van der Waals surface area contributed by atoms with Crippen molar-refractivity contribution in [3.05, 3.63) is 54.1 Å². The Balaban J connectivity index is 2.16. The average Bonchev–Trinajstić information content (AvgIpc) is 3.72. The molecule has 2 aromatic rings. The highest BCUT2D eigenvalue weighted by Gasteiger charge is 2.35. The lowest BCUT2D eigenvalue weighted by Crippen LogP contribution is -2.50. The number of phosphoric acid groups is 1. The van der Waals surface area contributed by atoms with Crippen molar-refractivity contribution in [2.45, 2.75) is 117 Å². The molecular weight excluding hydrogens is 825 g/mol. The van der Waals surface area contributed by atoms with Gasteiger partial charge in [-0.1, -0.05) is 63.4 Å². The molecule has 348 valence electrons. The summed E-state index contributed by atoms with van der Waals surface area (Å²) in [7, 11) is -3.46. The van der Waals surface area contributed by atoms with Gasteiger partial charge in [0.05, 0.1) is 69.7 Å². The Bertz CT molecular complexity index is 1710. The molecule has 0 aliphatic carbocycles. The van der Waals surface area contributed by atoms with E-state index in [2.05, 4.69) is 37.3 Å². The first-order valence-electron chi connectivity index (χ1n) is 21.3. The second-order valence-corrected chi connectivity index (χ2v) is 17.2. The minimum Gasteiger partial charge on any atom is -0.394 e. The van der Waals surface area contributed by atoms with Gasteiger partial charge in [0.25, 0.3) is 0 Å². The summed E-state index contributed by atoms with van der Waals surface area (Å²) >= 11 is 0. The molecule has 18 nitrogen and oxygen atoms in total. The van der Waals surface area contributed by atoms with Gasteiger partial charge in [0.15, 0.2) is 11.6 Å². The van der Waals surface area contributed by atoms with Crippen molar-refractivity contribution in [1.29, 1.82) is 0 Å². The number of carbonyl (C=O) groups is 6. The number of hydrogen-bond acceptors (Lipinski definition) is 12. The Labute approximate surface area is 364 Å². The predicted molar refractivity (Wildman–Crippen MR) is 229 cm³/mol. The van der Waals surface area contributed by atoms with Gasteiger partial charge in [-0.3, -0.25) is 33.3 Å². The normalized spacial score (nSPS) is 14.1. The zero-order valence-corrected chi connectivity index (χ0v) is 37.7. The molecule has 3 amide bonds. The first kappa shape index (κ1) is 54.0. The maximum atomic E-state index is 14.0. The number of ketones is 3. The molecule has 0 aliphatic rings. The number of aliphatic hydroxyl groups excluding tert-OH is 1. The molecular formula is C43H68N5O13P. The van der Waals surface area contributed by atoms with Gasteiger partial charge in [0, 0.05) is 44.8 Å². The van der Waals surface area contributed by atoms with E-state index in [4.69, 9.17) is 9.47 Å². The smallest absolute Gasteiger partial charge is 0.394 e. The van der Waals surface area contributed by atoms with Crippen molar-refractivity contribution in [2.24, 2.45) is 17.8 Å². The van der Waals surface area contributed by atoms with Crippen molar-refractivity contribution in [3.8, 4) is 0 Å². The van der Waals surface area contributed by atoms with Crippen LogP contribution in [0.2, 0.25) is 0 Å². The molecule has 1 heterocycles. The van der Waals surface area contributed by atoms with Crippen LogP contribution in [0, 0.1) is 17.8 Å². The third-order valence-corrected chi connectivity index (χ3v) is 10.9. The van der Waals surface area contributed by atoms with E-state index >= 15 is 0 Å². The zero-order chi connectivity index (χ0) is 46.1. The maximum Gasteiger partial charge on any atom is 0.469 e. The van der Waals surface area contributed by atoms with E-state index in [1.807, 2.05) is 32.0 Å². The van der Waals surface area contributed by atoms with Crippen LogP contribution < -0.4 is 10.6 Å². The Morgan fingerprint density at radius 3 is 2.18 bits per heavy atom. The molecule has 5 atom stereocenters. The fourth-order valence-corrected chi connectivity index (χ4v) is 7.51. The van der Waals surface area contributed by atoms with Gasteiger partial charge in [-0.25, -0.2) is 9.55 Å². The molecule has 62 heavy (non-hydrogen) atoms. The summed E-state index contributed by atoms with van der Waals surface area (Å²) in [6.07, 6.45) is 6.34. The number of benzene rings is 1. The third kappa shape index (κ3) is 22.3. The molecule has 0 saturated heterocycles. The Kier molecular flexibility index (Phi) is 25.5. The number of aliphatic hydroxyl groups is 1. The summed E-state index contributed by atoms with van der Waals surface area (Å²) in [6, 6.07) is 7.71. The van der Waals surface area contributed by atoms with Crippen LogP contribution in [0.15, 0.2) is 42.9 Å². The molecule has 0 unspecified atom stereocenters. The number of carbonyl (C=O) groups excluding carboxylic acids is 6. The Morgan fingerprint density at radius 1 is 0.887 bits per heavy atom. The van der Waals surface area contributed by atoms with Gasteiger partial charge in [-0.2, -0.15) is 0 Å². The van der Waals surface area contributed by atoms with E-state index in [-0.39, 0.29) is 50.7 Å². The number of nitrogens with one attached hydrogen (secondary N) is 3. The van der Waals surface area contributed by atoms with E-state index in [0.717, 1.165) is 39.0 Å². The standard InChI is InChI=1S/C43H68N5O13P/c1-30(2)22-37(46-41(53)27-48(42(54)17-19-60-21-20-59-5)18-13-8-6-7-10-14-33-15-11-9-12-16-33)39(51)24-34(23-35-26-44-29-45-35)43(55)47-38(28-49)40(52)25-36(31(3)50)32(4)61-62(56,57)58/h9,11-12,15-16,26,29-30,32,34,36-38,49H,6-8,10,13-14,17-25,27-28H2,1-5H3,(H,44,45)(H,46,53)(H,47,55)(H2,56,57,58)/t32-,34-,36-,37+,38+/m1/s1. The fourth-order valence-electron chi connectivity index (χ4n) is 6.93. The highest BCUT2D eigenvalue weighted by atomic mass is 31.2. The minimum atomic E-state index is -5.00. The topological polar surface area (TPSA) is 264 Å². The summed E-state index contributed by atoms with van der Waals surface area (Å²) in [5.41, 5.74) is 1.78. The number of aromatic nitrogens is 2. The number of phosphoric ester groups is 1. The molecule has 1 aromatic heterocycles. The van der Waals surface area contributed by atoms with Crippen LogP contribution in [0.1, 0.15) is 96.7 Å². The van der Waals surface area contributed by atoms with Crippen LogP contribution >= 0.6 is 7.82 Å². The Morgan fingerprint density at radius 2 is 1.56 bits per heavy atom. The van der Waals surface area contributed by atoms with E-state index in [1.165, 1.54) is 29.9 Å². The number of methoxy groups -OCH3 is 1. The predicted octanol–water partition coefficient (Wildman–Crippen LogP) is 3.27. The lowest BCUT2D eigenvalue weighted by molar-refractivity contribution is -0.138. The molecule has 0 fully saturated rings. The zero-order valence-electron chi connectivity index (χ0n) is 36.8. The molecule has 19 heteroatoms. The van der Waals surface area contributed by atoms with Crippen molar-refractivity contribution in [3.63, 3.8) is 0 Å². The number of imidazole rings is 1. The first-order chi connectivity index (χ1) is 29.4. The summed E-state index contributed by atoms with van der Waals surface area (Å²) in [6.45, 7) is 6.11. The largest absolute Gasteiger partial charge is 0.469 e. The van der Waals surface area contributed by atoms with Crippen LogP contribution in [-0.2, 0) is 60.2 Å². The lowest BCUT2D eigenvalue weighted by atomic mass is 9.89. The highest BCUT2D eigenvalue weighted by molar-refractivity contribution is 7.46. The van der Waals surface area contributed by atoms with Gasteiger partial charge < -0.3 is 44.9 Å². The van der Waals surface area contributed by atoms with Crippen molar-refractivity contribution in [2.75, 3.05) is 46.6 Å². The monoisotopic (exact) mass is 893 g/mol. The van der Waals surface area contributed by atoms with Crippen LogP contribution in [0.4, 0.5) is 0 Å². The number of aryl methyl sites for hydroxylation is 1. The van der Waals surface area contributed by atoms with Crippen LogP contribution in [0.5, 0.6) is 0 Å². The molecule has 6 N–H and O–H groups in total. The minimum absolute atomic E-state index is 0.0313. The summed E-state index contributed by atoms with van der Waals surface area (Å²) < 4.78 is 26.5. The van der Waals surface area contributed by atoms with Gasteiger partial charge in [0.2, 0.25) is 17.7 Å². The summed E-state index contributed by atoms with van der Waals surface area (Å²) in [4.78, 5) is 107. The molecule has 1 aromatic carbocycles. The molecule has 0 spiro atoms. The van der Waals surface area contributed by atoms with E-state index < -0.39 is 80.0 Å². The number of unbranched alkanes of at least 4 members (excludes halogenated alkanes) is 4. The SMILES string of the molecule is COCCOCCC(=O)N(CCCCCCCc1ccccc1)CC(=O)N[C@@H](CC(C)C)C(=O)C[C@@H](Cc1cnc[nH]1)C(=O)N[C@@H](CO)C(=O)C[C@H](C(C)=O)[C@@H](C)OP(=O)(O)O. The molecule has 0 aliphatic heterocycles. The third-order valence-electron chi connectivity index (χ3n) is 10.3. The number of Topliss-reactive ketones (excluding diaryl/α,β-unsaturated/α-hetero) is 3. The second-order valence-electron chi connectivity index (χ2n) is 16.0. The molecule has 0 radical (unpaired) electrons. The van der Waals surface area contributed by atoms with E-state index in [0.29, 0.717) is 31.9 Å². The average molecular weight is 894 g/mol. The quantitative estimate of drug-likeness (QED) is 0.0435. The molecule has 0 saturated carbocycles. The van der Waals surface area contributed by atoms with Gasteiger partial charge in [0.1, 0.15) is 11.8 Å². The Hall–Kier alpha value is -4.16. The number of H-pyrrole nitrogens is 1. The van der Waals surface area contributed by atoms with Crippen molar-refractivity contribution >= 4 is 42.9 Å². The lowest BCUT2D eigenvalue weighted by Gasteiger charge is -2.26. The van der Waals surface area contributed by atoms with Crippen molar-refractivity contribution < 1.29 is 62.2 Å². The van der Waals surface area contributed by atoms with Gasteiger partial charge in [-0.05, 0) is 51.0 Å². The second kappa shape index (κ2) is 29.3. The van der Waals surface area contributed by atoms with E-state index in [9.17, 15) is 48.2 Å². The number of amides is 3. The van der Waals surface area contributed by atoms with E-state index in [1.54, 1.807) is 7.11 Å². The number of nitrogens with zero attached hydrogens (tertiary/aromatic N) is 2. The summed E-state index contributed by atoms with van der Waals surface area (Å²) in [5.74, 6) is -5.93. The van der Waals surface area contributed by atoms with Crippen LogP contribution in [0.3, 0.4) is 0 Å². The van der Waals surface area contributed by atoms with Gasteiger partial charge >= 0.3 is 7.82 Å². The van der Waals surface area contributed by atoms with Crippen molar-refractivity contribution in [1.82, 2.24) is 25.5 Å². The number of ether oxygens (including phenoxy) is 2. The van der Waals surface area contributed by atoms with Crippen LogP contribution in [0.25, 0.3) is 0 Å². The molecule has 2 rings (SSSR count). The highest BCUT2D eigenvalue weighted by Crippen LogP contribution is 2.39. The maximum absolute atomic E-state index is 14.0. The number of rotatable bonds is 34. The number of hydrogen-bond donors (Lipinski definition) is 6. The van der Waals surface area contributed by atoms with Gasteiger partial charge in [-0.15, -0.1) is 0 Å².